The molecule has 5 amide bonds. The van der Waals surface area contributed by atoms with E-state index >= 15 is 0 Å². The molecular formula is C22H19N5O6. The average molecular weight is 449 g/mol. The van der Waals surface area contributed by atoms with Crippen molar-refractivity contribution in [2.75, 3.05) is 20.7 Å². The predicted molar refractivity (Wildman–Crippen MR) is 113 cm³/mol. The number of aromatic nitrogens is 1. The second kappa shape index (κ2) is 7.33. The van der Waals surface area contributed by atoms with Crippen LogP contribution in [0.25, 0.3) is 11.1 Å². The number of carbonyl (C=O) groups excluding carboxylic acids is 4. The third kappa shape index (κ3) is 3.16. The van der Waals surface area contributed by atoms with Crippen LogP contribution in [0.2, 0.25) is 0 Å². The molecule has 1 fully saturated rings. The highest BCUT2D eigenvalue weighted by atomic mass is 16.5. The van der Waals surface area contributed by atoms with Gasteiger partial charge < -0.3 is 24.7 Å². The topological polar surface area (TPSA) is 143 Å². The van der Waals surface area contributed by atoms with Crippen LogP contribution in [-0.4, -0.2) is 54.3 Å². The monoisotopic (exact) mass is 449 g/mol. The normalized spacial score (nSPS) is 19.5. The number of ether oxygens (including phenoxy) is 1. The summed E-state index contributed by atoms with van der Waals surface area (Å²) in [4.78, 5) is 55.8. The lowest BCUT2D eigenvalue weighted by Crippen LogP contribution is -2.52. The number of imide groups is 1. The van der Waals surface area contributed by atoms with Crippen LogP contribution in [0.5, 0.6) is 5.75 Å². The zero-order chi connectivity index (χ0) is 23.3. The zero-order valence-electron chi connectivity index (χ0n) is 17.7. The van der Waals surface area contributed by atoms with Crippen molar-refractivity contribution in [1.29, 1.82) is 0 Å². The third-order valence-corrected chi connectivity index (χ3v) is 5.82. The summed E-state index contributed by atoms with van der Waals surface area (Å²) in [5.41, 5.74) is 0.419. The average Bonchev–Trinajstić information content (AvgIpc) is 3.46. The van der Waals surface area contributed by atoms with E-state index in [4.69, 9.17) is 9.15 Å². The van der Waals surface area contributed by atoms with Crippen LogP contribution in [0.15, 0.2) is 40.8 Å². The molecular weight excluding hydrogens is 430 g/mol. The van der Waals surface area contributed by atoms with E-state index in [0.717, 1.165) is 5.56 Å². The molecule has 1 atom stereocenters. The number of furan rings is 1. The summed E-state index contributed by atoms with van der Waals surface area (Å²) in [6, 6.07) is 9.02. The van der Waals surface area contributed by atoms with E-state index in [0.29, 0.717) is 22.4 Å². The van der Waals surface area contributed by atoms with Gasteiger partial charge in [0, 0.05) is 25.2 Å². The molecule has 0 bridgehead atoms. The molecule has 11 nitrogen and oxygen atoms in total. The maximum atomic E-state index is 13.1. The number of rotatable bonds is 5. The first-order chi connectivity index (χ1) is 15.8. The minimum Gasteiger partial charge on any atom is -0.497 e. The van der Waals surface area contributed by atoms with Crippen molar-refractivity contribution in [2.45, 2.75) is 12.1 Å². The Morgan fingerprint density at radius 1 is 1.24 bits per heavy atom. The molecule has 4 heterocycles. The van der Waals surface area contributed by atoms with E-state index in [-0.39, 0.29) is 36.4 Å². The lowest BCUT2D eigenvalue weighted by Gasteiger charge is -2.28. The number of urea groups is 1. The number of carbonyl (C=O) groups is 4. The van der Waals surface area contributed by atoms with Crippen LogP contribution in [0.3, 0.4) is 0 Å². The fourth-order valence-electron chi connectivity index (χ4n) is 4.12. The van der Waals surface area contributed by atoms with Crippen molar-refractivity contribution in [1.82, 2.24) is 25.8 Å². The van der Waals surface area contributed by atoms with Crippen LogP contribution in [0.4, 0.5) is 4.79 Å². The first-order valence-corrected chi connectivity index (χ1v) is 10.1. The van der Waals surface area contributed by atoms with Gasteiger partial charge in [-0.1, -0.05) is 6.07 Å². The predicted octanol–water partition coefficient (Wildman–Crippen LogP) is 0.887. The quantitative estimate of drug-likeness (QED) is 0.491. The molecule has 2 aliphatic heterocycles. The van der Waals surface area contributed by atoms with Crippen molar-refractivity contribution in [3.05, 3.63) is 59.0 Å². The van der Waals surface area contributed by atoms with Crippen molar-refractivity contribution < 1.29 is 28.3 Å². The molecule has 168 valence electrons. The van der Waals surface area contributed by atoms with Crippen LogP contribution in [0.1, 0.15) is 32.2 Å². The number of nitrogens with zero attached hydrogens (tertiary/aromatic N) is 2. The maximum Gasteiger partial charge on any atom is 0.322 e. The van der Waals surface area contributed by atoms with Gasteiger partial charge in [-0.2, -0.15) is 0 Å². The van der Waals surface area contributed by atoms with Crippen molar-refractivity contribution in [3.63, 3.8) is 0 Å². The number of fused-ring (bicyclic) bond motifs is 2. The van der Waals surface area contributed by atoms with Gasteiger partial charge in [0.15, 0.2) is 11.1 Å². The summed E-state index contributed by atoms with van der Waals surface area (Å²) in [5.74, 6) is -0.686. The first kappa shape index (κ1) is 20.5. The van der Waals surface area contributed by atoms with Gasteiger partial charge in [-0.25, -0.2) is 9.78 Å². The summed E-state index contributed by atoms with van der Waals surface area (Å²) in [6.07, 6.45) is 0. The highest BCUT2D eigenvalue weighted by molar-refractivity contribution is 6.08. The minimum atomic E-state index is -1.66. The molecule has 33 heavy (non-hydrogen) atoms. The van der Waals surface area contributed by atoms with Gasteiger partial charge in [0.1, 0.15) is 22.7 Å². The Balaban J connectivity index is 1.54. The summed E-state index contributed by atoms with van der Waals surface area (Å²) >= 11 is 0. The number of amides is 5. The van der Waals surface area contributed by atoms with Gasteiger partial charge >= 0.3 is 6.03 Å². The molecule has 5 rings (SSSR count). The van der Waals surface area contributed by atoms with E-state index in [1.54, 1.807) is 24.3 Å². The van der Waals surface area contributed by atoms with Crippen LogP contribution in [-0.2, 0) is 16.9 Å². The Hall–Kier alpha value is -4.41. The Morgan fingerprint density at radius 2 is 2.06 bits per heavy atom. The number of pyridine rings is 1. The van der Waals surface area contributed by atoms with Gasteiger partial charge in [0.2, 0.25) is 0 Å². The van der Waals surface area contributed by atoms with Gasteiger partial charge in [-0.15, -0.1) is 0 Å². The summed E-state index contributed by atoms with van der Waals surface area (Å²) in [7, 11) is 3.00. The molecule has 2 aliphatic rings. The van der Waals surface area contributed by atoms with E-state index in [9.17, 15) is 19.2 Å². The molecule has 1 aromatic carbocycles. The van der Waals surface area contributed by atoms with E-state index < -0.39 is 17.5 Å². The smallest absolute Gasteiger partial charge is 0.322 e. The molecule has 0 spiro atoms. The first-order valence-electron chi connectivity index (χ1n) is 10.1. The van der Waals surface area contributed by atoms with Crippen LogP contribution in [0, 0.1) is 0 Å². The third-order valence-electron chi connectivity index (χ3n) is 5.82. The molecule has 3 aromatic rings. The Bertz CT molecular complexity index is 1350. The van der Waals surface area contributed by atoms with E-state index in [1.807, 2.05) is 0 Å². The molecule has 1 saturated heterocycles. The van der Waals surface area contributed by atoms with E-state index in [1.165, 1.54) is 31.2 Å². The molecule has 0 saturated carbocycles. The largest absolute Gasteiger partial charge is 0.497 e. The molecule has 2 aromatic heterocycles. The van der Waals surface area contributed by atoms with Crippen molar-refractivity contribution in [3.8, 4) is 5.75 Å². The summed E-state index contributed by atoms with van der Waals surface area (Å²) in [6.45, 7) is 0.0882. The van der Waals surface area contributed by atoms with Crippen molar-refractivity contribution >= 4 is 34.9 Å². The summed E-state index contributed by atoms with van der Waals surface area (Å²) < 4.78 is 11.1. The summed E-state index contributed by atoms with van der Waals surface area (Å²) in [5, 5.41) is 7.34. The lowest BCUT2D eigenvalue weighted by atomic mass is 9.95. The standard InChI is InChI=1S/C22H19N5O6/c1-23-18(28)14-5-6-16-15(24-14)8-17(33-16)22(20(30)25-21(31)26-22)10-27-9-11-3-4-12(32-2)7-13(11)19(27)29/h3-8H,9-10H2,1-2H3,(H,23,28)(H2,25,26,30,31). The molecule has 1 unspecified atom stereocenters. The highest BCUT2D eigenvalue weighted by Crippen LogP contribution is 2.34. The fraction of sp³-hybridized carbons (Fsp3) is 0.227. The fourth-order valence-corrected chi connectivity index (χ4v) is 4.12. The van der Waals surface area contributed by atoms with Gasteiger partial charge in [0.25, 0.3) is 17.7 Å². The van der Waals surface area contributed by atoms with Crippen LogP contribution < -0.4 is 20.7 Å². The Labute approximate surface area is 187 Å². The van der Waals surface area contributed by atoms with Crippen molar-refractivity contribution in [2.24, 2.45) is 0 Å². The molecule has 11 heteroatoms. The Kier molecular flexibility index (Phi) is 4.55. The second-order valence-corrected chi connectivity index (χ2v) is 7.77. The molecule has 3 N–H and O–H groups in total. The number of hydrogen-bond donors (Lipinski definition) is 3. The lowest BCUT2D eigenvalue weighted by molar-refractivity contribution is -0.125. The Morgan fingerprint density at radius 3 is 2.76 bits per heavy atom. The van der Waals surface area contributed by atoms with Gasteiger partial charge in [-0.05, 0) is 29.8 Å². The molecule has 0 aliphatic carbocycles. The SMILES string of the molecule is CNC(=O)c1ccc2oc(C3(CN4Cc5ccc(OC)cc5C4=O)NC(=O)NC3=O)cc2n1. The van der Waals surface area contributed by atoms with E-state index in [2.05, 4.69) is 20.9 Å². The zero-order valence-corrected chi connectivity index (χ0v) is 17.7. The van der Waals surface area contributed by atoms with Crippen LogP contribution >= 0.6 is 0 Å². The molecule has 0 radical (unpaired) electrons. The second-order valence-electron chi connectivity index (χ2n) is 7.77. The highest BCUT2D eigenvalue weighted by Gasteiger charge is 2.53. The number of benzene rings is 1. The van der Waals surface area contributed by atoms with Gasteiger partial charge in [0.05, 0.1) is 13.7 Å². The number of methoxy groups -OCH3 is 1. The minimum absolute atomic E-state index is 0.101. The van der Waals surface area contributed by atoms with Gasteiger partial charge in [-0.3, -0.25) is 19.7 Å². The number of nitrogens with one attached hydrogen (secondary N) is 3. The number of hydrogen-bond acceptors (Lipinski definition) is 7. The maximum absolute atomic E-state index is 13.1.